The summed E-state index contributed by atoms with van der Waals surface area (Å²) >= 11 is 0. The fourth-order valence-electron chi connectivity index (χ4n) is 1.06. The molecule has 0 saturated carbocycles. The van der Waals surface area contributed by atoms with Crippen molar-refractivity contribution >= 4 is 0 Å². The highest BCUT2D eigenvalue weighted by molar-refractivity contribution is 5.35. The Bertz CT molecular complexity index is 336. The Labute approximate surface area is 86.9 Å². The maximum Gasteiger partial charge on any atom is 0.420 e. The summed E-state index contributed by atoms with van der Waals surface area (Å²) < 4.78 is 42.7. The Balaban J connectivity index is 3.08. The number of ether oxygens (including phenoxy) is 1. The van der Waals surface area contributed by atoms with E-state index >= 15 is 0 Å². The first-order valence-corrected chi connectivity index (χ1v) is 4.47. The number of rotatable bonds is 1. The molecule has 1 rings (SSSR count). The highest BCUT2D eigenvalue weighted by Gasteiger charge is 2.35. The minimum Gasteiger partial charge on any atom is -0.487 e. The van der Waals surface area contributed by atoms with Crippen LogP contribution in [0.2, 0.25) is 0 Å². The standard InChI is InChI=1S/C11H12F3O/c1-10(2,3)15-9-7-5-4-6-8(9)11(12,13)14/h4-5,7H,1-3H3. The predicted octanol–water partition coefficient (Wildman–Crippen LogP) is 3.68. The van der Waals surface area contributed by atoms with E-state index < -0.39 is 17.3 Å². The molecule has 0 heterocycles. The molecule has 1 aromatic carbocycles. The molecule has 1 nitrogen and oxygen atoms in total. The highest BCUT2D eigenvalue weighted by Crippen LogP contribution is 2.36. The van der Waals surface area contributed by atoms with E-state index in [-0.39, 0.29) is 5.75 Å². The van der Waals surface area contributed by atoms with E-state index in [9.17, 15) is 13.2 Å². The van der Waals surface area contributed by atoms with Gasteiger partial charge in [-0.15, -0.1) is 0 Å². The molecule has 0 spiro atoms. The Morgan fingerprint density at radius 1 is 1.20 bits per heavy atom. The molecular formula is C11H12F3O. The number of alkyl halides is 3. The van der Waals surface area contributed by atoms with Crippen LogP contribution in [-0.4, -0.2) is 5.60 Å². The van der Waals surface area contributed by atoms with Crippen molar-refractivity contribution in [3.8, 4) is 5.75 Å². The summed E-state index contributed by atoms with van der Waals surface area (Å²) in [5, 5.41) is 0. The monoisotopic (exact) mass is 217 g/mol. The smallest absolute Gasteiger partial charge is 0.420 e. The lowest BCUT2D eigenvalue weighted by Gasteiger charge is -2.23. The molecule has 0 aliphatic carbocycles. The first kappa shape index (κ1) is 11.9. The number of hydrogen-bond acceptors (Lipinski definition) is 1. The fourth-order valence-corrected chi connectivity index (χ4v) is 1.06. The molecule has 0 atom stereocenters. The van der Waals surface area contributed by atoms with Gasteiger partial charge < -0.3 is 4.74 Å². The molecule has 0 saturated heterocycles. The third-order valence-corrected chi connectivity index (χ3v) is 1.52. The molecule has 83 valence electrons. The topological polar surface area (TPSA) is 9.23 Å². The van der Waals surface area contributed by atoms with Crippen molar-refractivity contribution in [1.29, 1.82) is 0 Å². The van der Waals surface area contributed by atoms with Gasteiger partial charge in [0.2, 0.25) is 0 Å². The first-order valence-electron chi connectivity index (χ1n) is 4.47. The average molecular weight is 217 g/mol. The summed E-state index contributed by atoms with van der Waals surface area (Å²) in [6.07, 6.45) is -4.43. The van der Waals surface area contributed by atoms with Crippen molar-refractivity contribution in [3.63, 3.8) is 0 Å². The summed E-state index contributed by atoms with van der Waals surface area (Å²) in [6.45, 7) is 5.08. The molecule has 15 heavy (non-hydrogen) atoms. The SMILES string of the molecule is CC(C)(C)Oc1ccc[c]c1C(F)(F)F. The normalized spacial score (nSPS) is 12.7. The van der Waals surface area contributed by atoms with Gasteiger partial charge in [0, 0.05) is 0 Å². The lowest BCUT2D eigenvalue weighted by molar-refractivity contribution is -0.139. The van der Waals surface area contributed by atoms with Crippen molar-refractivity contribution in [2.45, 2.75) is 32.5 Å². The summed E-state index contributed by atoms with van der Waals surface area (Å²) in [5.74, 6) is -0.183. The molecule has 4 heteroatoms. The van der Waals surface area contributed by atoms with Gasteiger partial charge in [-0.1, -0.05) is 12.1 Å². The van der Waals surface area contributed by atoms with Crippen LogP contribution in [0.25, 0.3) is 0 Å². The first-order chi connectivity index (χ1) is 6.70. The van der Waals surface area contributed by atoms with Gasteiger partial charge in [0.25, 0.3) is 0 Å². The summed E-state index contributed by atoms with van der Waals surface area (Å²) in [7, 11) is 0. The van der Waals surface area contributed by atoms with Crippen LogP contribution in [0.5, 0.6) is 5.75 Å². The Kier molecular flexibility index (Phi) is 2.98. The third-order valence-electron chi connectivity index (χ3n) is 1.52. The van der Waals surface area contributed by atoms with E-state index in [1.165, 1.54) is 18.2 Å². The molecular weight excluding hydrogens is 205 g/mol. The molecule has 0 aliphatic rings. The molecule has 1 radical (unpaired) electrons. The molecule has 1 aromatic rings. The van der Waals surface area contributed by atoms with Crippen molar-refractivity contribution in [1.82, 2.24) is 0 Å². The minimum atomic E-state index is -4.43. The van der Waals surface area contributed by atoms with Gasteiger partial charge in [0.15, 0.2) is 0 Å². The van der Waals surface area contributed by atoms with Crippen molar-refractivity contribution in [2.24, 2.45) is 0 Å². The van der Waals surface area contributed by atoms with Crippen molar-refractivity contribution in [3.05, 3.63) is 29.8 Å². The van der Waals surface area contributed by atoms with Crippen LogP contribution < -0.4 is 4.74 Å². The lowest BCUT2D eigenvalue weighted by Crippen LogP contribution is -2.24. The van der Waals surface area contributed by atoms with Gasteiger partial charge in [0.05, 0.1) is 0 Å². The van der Waals surface area contributed by atoms with Crippen LogP contribution in [-0.2, 0) is 6.18 Å². The zero-order valence-electron chi connectivity index (χ0n) is 8.77. The predicted molar refractivity (Wildman–Crippen MR) is 50.7 cm³/mol. The number of halogens is 3. The number of hydrogen-bond donors (Lipinski definition) is 0. The second kappa shape index (κ2) is 3.76. The molecule has 0 bridgehead atoms. The van der Waals surface area contributed by atoms with E-state index in [2.05, 4.69) is 6.07 Å². The molecule has 0 unspecified atom stereocenters. The van der Waals surface area contributed by atoms with Gasteiger partial charge in [-0.05, 0) is 32.9 Å². The van der Waals surface area contributed by atoms with E-state index in [1.807, 2.05) is 0 Å². The van der Waals surface area contributed by atoms with Gasteiger partial charge in [-0.2, -0.15) is 13.2 Å². The average Bonchev–Trinajstić information content (AvgIpc) is 1.99. The van der Waals surface area contributed by atoms with Gasteiger partial charge in [-0.25, -0.2) is 0 Å². The minimum absolute atomic E-state index is 0.183. The van der Waals surface area contributed by atoms with E-state index in [0.29, 0.717) is 0 Å². The fraction of sp³-hybridized carbons (Fsp3) is 0.455. The van der Waals surface area contributed by atoms with E-state index in [0.717, 1.165) is 0 Å². The van der Waals surface area contributed by atoms with Crippen LogP contribution in [0.1, 0.15) is 26.3 Å². The third kappa shape index (κ3) is 3.46. The summed E-state index contributed by atoms with van der Waals surface area (Å²) in [4.78, 5) is 0. The zero-order valence-corrected chi connectivity index (χ0v) is 8.77. The van der Waals surface area contributed by atoms with Crippen LogP contribution in [0.3, 0.4) is 0 Å². The molecule has 0 fully saturated rings. The van der Waals surface area contributed by atoms with Crippen LogP contribution >= 0.6 is 0 Å². The molecule has 0 aliphatic heterocycles. The maximum absolute atomic E-state index is 12.5. The largest absolute Gasteiger partial charge is 0.487 e. The van der Waals surface area contributed by atoms with Gasteiger partial charge >= 0.3 is 6.18 Å². The maximum atomic E-state index is 12.5. The Morgan fingerprint density at radius 3 is 2.27 bits per heavy atom. The molecule has 0 N–H and O–H groups in total. The van der Waals surface area contributed by atoms with Crippen LogP contribution in [0, 0.1) is 6.07 Å². The second-order valence-electron chi connectivity index (χ2n) is 4.12. The quantitative estimate of drug-likeness (QED) is 0.697. The summed E-state index contributed by atoms with van der Waals surface area (Å²) in [5.41, 5.74) is -1.52. The van der Waals surface area contributed by atoms with E-state index in [4.69, 9.17) is 4.74 Å². The lowest BCUT2D eigenvalue weighted by atomic mass is 10.1. The second-order valence-corrected chi connectivity index (χ2v) is 4.12. The summed E-state index contributed by atoms with van der Waals surface area (Å²) in [6, 6.07) is 6.13. The van der Waals surface area contributed by atoms with Gasteiger partial charge in [-0.3, -0.25) is 0 Å². The Hall–Kier alpha value is -1.19. The van der Waals surface area contributed by atoms with Crippen molar-refractivity contribution < 1.29 is 17.9 Å². The zero-order chi connectivity index (χ0) is 11.7. The number of benzene rings is 1. The van der Waals surface area contributed by atoms with Gasteiger partial charge in [0.1, 0.15) is 16.9 Å². The highest BCUT2D eigenvalue weighted by atomic mass is 19.4. The van der Waals surface area contributed by atoms with Crippen LogP contribution in [0.4, 0.5) is 13.2 Å². The Morgan fingerprint density at radius 2 is 1.80 bits per heavy atom. The van der Waals surface area contributed by atoms with E-state index in [1.54, 1.807) is 20.8 Å². The van der Waals surface area contributed by atoms with Crippen LogP contribution in [0.15, 0.2) is 18.2 Å². The molecule has 0 aromatic heterocycles. The van der Waals surface area contributed by atoms with Crippen molar-refractivity contribution in [2.75, 3.05) is 0 Å². The molecule has 0 amide bonds.